The van der Waals surface area contributed by atoms with Crippen LogP contribution in [-0.4, -0.2) is 31.2 Å². The molecule has 5 heteroatoms. The van der Waals surface area contributed by atoms with E-state index >= 15 is 0 Å². The maximum Gasteiger partial charge on any atom is 0.308 e. The SMILES string of the molecule is CCOC(=O)CC(NC(=O)COC1CCCC(C)C1)c1ccccc1. The Labute approximate surface area is 150 Å². The lowest BCUT2D eigenvalue weighted by molar-refractivity contribution is -0.144. The van der Waals surface area contributed by atoms with Gasteiger partial charge in [-0.2, -0.15) is 0 Å². The Hall–Kier alpha value is -1.88. The molecule has 0 aromatic heterocycles. The summed E-state index contributed by atoms with van der Waals surface area (Å²) in [5.74, 6) is 0.137. The number of benzene rings is 1. The van der Waals surface area contributed by atoms with E-state index in [0.29, 0.717) is 12.5 Å². The van der Waals surface area contributed by atoms with Crippen molar-refractivity contribution in [2.24, 2.45) is 5.92 Å². The molecule has 1 aliphatic rings. The molecule has 138 valence electrons. The molecule has 1 amide bonds. The van der Waals surface area contributed by atoms with E-state index in [1.165, 1.54) is 6.42 Å². The van der Waals surface area contributed by atoms with Crippen LogP contribution in [0.3, 0.4) is 0 Å². The highest BCUT2D eigenvalue weighted by atomic mass is 16.5. The van der Waals surface area contributed by atoms with E-state index in [-0.39, 0.29) is 31.0 Å². The van der Waals surface area contributed by atoms with Crippen LogP contribution in [0, 0.1) is 5.92 Å². The fourth-order valence-corrected chi connectivity index (χ4v) is 3.28. The van der Waals surface area contributed by atoms with Crippen LogP contribution >= 0.6 is 0 Å². The summed E-state index contributed by atoms with van der Waals surface area (Å²) in [4.78, 5) is 24.1. The normalized spacial score (nSPS) is 21.4. The van der Waals surface area contributed by atoms with Crippen LogP contribution < -0.4 is 5.32 Å². The molecule has 0 heterocycles. The zero-order chi connectivity index (χ0) is 18.1. The molecule has 1 N–H and O–H groups in total. The maximum absolute atomic E-state index is 12.3. The minimum Gasteiger partial charge on any atom is -0.466 e. The molecule has 0 saturated heterocycles. The standard InChI is InChI=1S/C20H29NO4/c1-3-24-20(23)13-18(16-9-5-4-6-10-16)21-19(22)14-25-17-11-7-8-15(2)12-17/h4-6,9-10,15,17-18H,3,7-8,11-14H2,1-2H3,(H,21,22). The van der Waals surface area contributed by atoms with Gasteiger partial charge in [-0.05, 0) is 31.2 Å². The Morgan fingerprint density at radius 2 is 2.00 bits per heavy atom. The van der Waals surface area contributed by atoms with E-state index in [1.54, 1.807) is 6.92 Å². The van der Waals surface area contributed by atoms with Crippen LogP contribution in [0.4, 0.5) is 0 Å². The third kappa shape index (κ3) is 6.86. The first-order valence-electron chi connectivity index (χ1n) is 9.20. The van der Waals surface area contributed by atoms with Crippen molar-refractivity contribution >= 4 is 11.9 Å². The number of rotatable bonds is 8. The highest BCUT2D eigenvalue weighted by Gasteiger charge is 2.22. The Bertz CT molecular complexity index is 546. The number of carbonyl (C=O) groups excluding carboxylic acids is 2. The van der Waals surface area contributed by atoms with Crippen molar-refractivity contribution in [3.05, 3.63) is 35.9 Å². The number of ether oxygens (including phenoxy) is 2. The second kappa shape index (κ2) is 10.2. The molecule has 0 radical (unpaired) electrons. The van der Waals surface area contributed by atoms with Gasteiger partial charge in [-0.15, -0.1) is 0 Å². The predicted octanol–water partition coefficient (Wildman–Crippen LogP) is 3.39. The van der Waals surface area contributed by atoms with Gasteiger partial charge in [0.25, 0.3) is 0 Å². The summed E-state index contributed by atoms with van der Waals surface area (Å²) < 4.78 is 10.8. The lowest BCUT2D eigenvalue weighted by Crippen LogP contribution is -2.35. The molecule has 1 aromatic rings. The molecule has 1 aromatic carbocycles. The summed E-state index contributed by atoms with van der Waals surface area (Å²) in [6.45, 7) is 4.36. The molecule has 3 atom stereocenters. The van der Waals surface area contributed by atoms with E-state index in [1.807, 2.05) is 30.3 Å². The lowest BCUT2D eigenvalue weighted by atomic mass is 9.89. The van der Waals surface area contributed by atoms with Crippen molar-refractivity contribution in [2.75, 3.05) is 13.2 Å². The number of amides is 1. The van der Waals surface area contributed by atoms with Crippen molar-refractivity contribution in [3.63, 3.8) is 0 Å². The number of esters is 1. The van der Waals surface area contributed by atoms with Gasteiger partial charge in [0, 0.05) is 0 Å². The predicted molar refractivity (Wildman–Crippen MR) is 95.9 cm³/mol. The molecule has 0 bridgehead atoms. The molecule has 1 aliphatic carbocycles. The summed E-state index contributed by atoms with van der Waals surface area (Å²) >= 11 is 0. The van der Waals surface area contributed by atoms with Gasteiger partial charge in [-0.1, -0.05) is 50.1 Å². The van der Waals surface area contributed by atoms with Crippen molar-refractivity contribution < 1.29 is 19.1 Å². The van der Waals surface area contributed by atoms with E-state index < -0.39 is 6.04 Å². The minimum atomic E-state index is -0.401. The molecule has 3 unspecified atom stereocenters. The van der Waals surface area contributed by atoms with Crippen molar-refractivity contribution in [2.45, 2.75) is 58.1 Å². The molecular formula is C20H29NO4. The Morgan fingerprint density at radius 3 is 2.68 bits per heavy atom. The van der Waals surface area contributed by atoms with E-state index in [0.717, 1.165) is 24.8 Å². The molecule has 5 nitrogen and oxygen atoms in total. The highest BCUT2D eigenvalue weighted by Crippen LogP contribution is 2.25. The molecule has 2 rings (SSSR count). The average Bonchev–Trinajstić information content (AvgIpc) is 2.60. The van der Waals surface area contributed by atoms with Crippen molar-refractivity contribution in [1.29, 1.82) is 0 Å². The van der Waals surface area contributed by atoms with Crippen molar-refractivity contribution in [1.82, 2.24) is 5.32 Å². The molecule has 1 fully saturated rings. The molecule has 0 aliphatic heterocycles. The van der Waals surface area contributed by atoms with Crippen LogP contribution in [0.2, 0.25) is 0 Å². The van der Waals surface area contributed by atoms with Gasteiger partial charge in [-0.3, -0.25) is 9.59 Å². The first-order chi connectivity index (χ1) is 12.1. The van der Waals surface area contributed by atoms with E-state index in [9.17, 15) is 9.59 Å². The van der Waals surface area contributed by atoms with Crippen LogP contribution in [0.25, 0.3) is 0 Å². The fourth-order valence-electron chi connectivity index (χ4n) is 3.28. The second-order valence-corrected chi connectivity index (χ2v) is 6.74. The zero-order valence-electron chi connectivity index (χ0n) is 15.2. The first kappa shape index (κ1) is 19.4. The van der Waals surface area contributed by atoms with E-state index in [2.05, 4.69) is 12.2 Å². The van der Waals surface area contributed by atoms with Gasteiger partial charge < -0.3 is 14.8 Å². The molecule has 25 heavy (non-hydrogen) atoms. The van der Waals surface area contributed by atoms with Crippen LogP contribution in [0.15, 0.2) is 30.3 Å². The second-order valence-electron chi connectivity index (χ2n) is 6.74. The number of hydrogen-bond donors (Lipinski definition) is 1. The smallest absolute Gasteiger partial charge is 0.308 e. The lowest BCUT2D eigenvalue weighted by Gasteiger charge is -2.27. The van der Waals surface area contributed by atoms with Crippen molar-refractivity contribution in [3.8, 4) is 0 Å². The largest absolute Gasteiger partial charge is 0.466 e. The summed E-state index contributed by atoms with van der Waals surface area (Å²) in [5, 5.41) is 2.91. The van der Waals surface area contributed by atoms with Crippen LogP contribution in [-0.2, 0) is 19.1 Å². The third-order valence-corrected chi connectivity index (χ3v) is 4.55. The molecule has 0 spiro atoms. The Kier molecular flexibility index (Phi) is 7.92. The first-order valence-corrected chi connectivity index (χ1v) is 9.20. The summed E-state index contributed by atoms with van der Waals surface area (Å²) in [7, 11) is 0. The van der Waals surface area contributed by atoms with Gasteiger partial charge >= 0.3 is 5.97 Å². The summed E-state index contributed by atoms with van der Waals surface area (Å²) in [5.41, 5.74) is 0.884. The zero-order valence-corrected chi connectivity index (χ0v) is 15.2. The fraction of sp³-hybridized carbons (Fsp3) is 0.600. The highest BCUT2D eigenvalue weighted by molar-refractivity contribution is 5.79. The van der Waals surface area contributed by atoms with E-state index in [4.69, 9.17) is 9.47 Å². The summed E-state index contributed by atoms with van der Waals surface area (Å²) in [6.07, 6.45) is 4.70. The average molecular weight is 347 g/mol. The number of carbonyl (C=O) groups is 2. The van der Waals surface area contributed by atoms with Crippen LogP contribution in [0.5, 0.6) is 0 Å². The summed E-state index contributed by atoms with van der Waals surface area (Å²) in [6, 6.07) is 9.07. The van der Waals surface area contributed by atoms with Gasteiger partial charge in [0.2, 0.25) is 5.91 Å². The monoisotopic (exact) mass is 347 g/mol. The maximum atomic E-state index is 12.3. The van der Waals surface area contributed by atoms with Crippen LogP contribution in [0.1, 0.15) is 57.6 Å². The quantitative estimate of drug-likeness (QED) is 0.732. The Morgan fingerprint density at radius 1 is 1.24 bits per heavy atom. The van der Waals surface area contributed by atoms with Gasteiger partial charge in [0.1, 0.15) is 6.61 Å². The third-order valence-electron chi connectivity index (χ3n) is 4.55. The van der Waals surface area contributed by atoms with Gasteiger partial charge in [0.15, 0.2) is 0 Å². The topological polar surface area (TPSA) is 64.6 Å². The minimum absolute atomic E-state index is 0.0313. The molecule has 1 saturated carbocycles. The van der Waals surface area contributed by atoms with Gasteiger partial charge in [0.05, 0.1) is 25.2 Å². The molecular weight excluding hydrogens is 318 g/mol. The van der Waals surface area contributed by atoms with Gasteiger partial charge in [-0.25, -0.2) is 0 Å². The number of hydrogen-bond acceptors (Lipinski definition) is 4. The Balaban J connectivity index is 1.88. The number of nitrogens with one attached hydrogen (secondary N) is 1.